The van der Waals surface area contributed by atoms with E-state index in [0.29, 0.717) is 12.5 Å². The molecular formula is C14H20N2O. The summed E-state index contributed by atoms with van der Waals surface area (Å²) in [6.45, 7) is 2.08. The van der Waals surface area contributed by atoms with Crippen molar-refractivity contribution in [2.45, 2.75) is 44.7 Å². The molecule has 17 heavy (non-hydrogen) atoms. The van der Waals surface area contributed by atoms with E-state index in [0.717, 1.165) is 19.3 Å². The molecule has 0 aromatic heterocycles. The van der Waals surface area contributed by atoms with Crippen LogP contribution >= 0.6 is 0 Å². The van der Waals surface area contributed by atoms with Crippen molar-refractivity contribution in [2.75, 3.05) is 0 Å². The van der Waals surface area contributed by atoms with Gasteiger partial charge in [-0.1, -0.05) is 24.3 Å². The molecule has 0 radical (unpaired) electrons. The molecule has 1 aliphatic carbocycles. The quantitative estimate of drug-likeness (QED) is 0.827. The van der Waals surface area contributed by atoms with E-state index in [-0.39, 0.29) is 11.9 Å². The highest BCUT2D eigenvalue weighted by Crippen LogP contribution is 2.17. The molecule has 1 aromatic carbocycles. The fourth-order valence-corrected chi connectivity index (χ4v) is 2.22. The molecule has 1 aromatic rings. The second-order valence-corrected chi connectivity index (χ2v) is 4.92. The number of carbonyl (C=O) groups is 1. The van der Waals surface area contributed by atoms with Crippen LogP contribution in [0.1, 0.15) is 30.4 Å². The minimum atomic E-state index is 0.144. The Morgan fingerprint density at radius 2 is 2.12 bits per heavy atom. The predicted octanol–water partition coefficient (Wildman–Crippen LogP) is 1.53. The fourth-order valence-electron chi connectivity index (χ4n) is 2.22. The second-order valence-electron chi connectivity index (χ2n) is 4.92. The van der Waals surface area contributed by atoms with Gasteiger partial charge in [0.05, 0.1) is 0 Å². The molecule has 1 fully saturated rings. The monoisotopic (exact) mass is 232 g/mol. The van der Waals surface area contributed by atoms with Crippen LogP contribution in [0.2, 0.25) is 0 Å². The number of nitrogens with two attached hydrogens (primary N) is 1. The van der Waals surface area contributed by atoms with E-state index in [9.17, 15) is 4.79 Å². The summed E-state index contributed by atoms with van der Waals surface area (Å²) >= 11 is 0. The molecule has 3 heteroatoms. The van der Waals surface area contributed by atoms with Gasteiger partial charge < -0.3 is 11.1 Å². The zero-order valence-electron chi connectivity index (χ0n) is 10.3. The molecule has 1 saturated carbocycles. The fraction of sp³-hybridized carbons (Fsp3) is 0.500. The molecule has 0 saturated heterocycles. The molecule has 0 bridgehead atoms. The van der Waals surface area contributed by atoms with E-state index >= 15 is 0 Å². The highest BCUT2D eigenvalue weighted by Gasteiger charge is 2.26. The van der Waals surface area contributed by atoms with E-state index in [1.165, 1.54) is 11.1 Å². The highest BCUT2D eigenvalue weighted by molar-refractivity contribution is 5.76. The van der Waals surface area contributed by atoms with Crippen molar-refractivity contribution in [2.24, 2.45) is 5.73 Å². The molecule has 2 rings (SSSR count). The molecule has 0 heterocycles. The first-order valence-corrected chi connectivity index (χ1v) is 6.24. The summed E-state index contributed by atoms with van der Waals surface area (Å²) in [6.07, 6.45) is 3.24. The summed E-state index contributed by atoms with van der Waals surface area (Å²) in [5.41, 5.74) is 8.19. The van der Waals surface area contributed by atoms with Gasteiger partial charge in [-0.05, 0) is 37.3 Å². The lowest BCUT2D eigenvalue weighted by atomic mass is 9.87. The first kappa shape index (κ1) is 12.1. The Kier molecular flexibility index (Phi) is 3.79. The summed E-state index contributed by atoms with van der Waals surface area (Å²) in [6, 6.07) is 8.81. The second kappa shape index (κ2) is 5.32. The summed E-state index contributed by atoms with van der Waals surface area (Å²) < 4.78 is 0. The Morgan fingerprint density at radius 3 is 2.76 bits per heavy atom. The van der Waals surface area contributed by atoms with Crippen LogP contribution in [0.5, 0.6) is 0 Å². The third-order valence-electron chi connectivity index (χ3n) is 3.42. The molecule has 92 valence electrons. The molecule has 0 unspecified atom stereocenters. The van der Waals surface area contributed by atoms with E-state index < -0.39 is 0 Å². The Morgan fingerprint density at radius 1 is 1.41 bits per heavy atom. The van der Waals surface area contributed by atoms with Crippen LogP contribution in [0.4, 0.5) is 0 Å². The summed E-state index contributed by atoms with van der Waals surface area (Å²) in [7, 11) is 0. The van der Waals surface area contributed by atoms with Gasteiger partial charge in [0.2, 0.25) is 5.91 Å². The standard InChI is InChI=1S/C14H20N2O/c1-10-4-2-3-5-11(10)6-7-14(17)16-13-8-12(15)9-13/h2-5,12-13H,6-9,15H2,1H3,(H,16,17). The van der Waals surface area contributed by atoms with E-state index in [2.05, 4.69) is 24.4 Å². The molecule has 0 spiro atoms. The number of carbonyl (C=O) groups excluding carboxylic acids is 1. The summed E-state index contributed by atoms with van der Waals surface area (Å²) in [5, 5.41) is 3.02. The molecule has 0 atom stereocenters. The van der Waals surface area contributed by atoms with Gasteiger partial charge in [0.25, 0.3) is 0 Å². The van der Waals surface area contributed by atoms with Crippen molar-refractivity contribution in [3.05, 3.63) is 35.4 Å². The van der Waals surface area contributed by atoms with Gasteiger partial charge in [-0.15, -0.1) is 0 Å². The van der Waals surface area contributed by atoms with Crippen LogP contribution in [0.15, 0.2) is 24.3 Å². The van der Waals surface area contributed by atoms with E-state index in [1.807, 2.05) is 12.1 Å². The van der Waals surface area contributed by atoms with Crippen LogP contribution in [0, 0.1) is 6.92 Å². The number of rotatable bonds is 4. The first-order valence-electron chi connectivity index (χ1n) is 6.24. The molecule has 1 amide bonds. The van der Waals surface area contributed by atoms with E-state index in [1.54, 1.807) is 0 Å². The third-order valence-corrected chi connectivity index (χ3v) is 3.42. The van der Waals surface area contributed by atoms with Crippen LogP contribution in [-0.4, -0.2) is 18.0 Å². The van der Waals surface area contributed by atoms with E-state index in [4.69, 9.17) is 5.73 Å². The van der Waals surface area contributed by atoms with Crippen LogP contribution < -0.4 is 11.1 Å². The van der Waals surface area contributed by atoms with Crippen LogP contribution in [0.3, 0.4) is 0 Å². The van der Waals surface area contributed by atoms with Crippen LogP contribution in [0.25, 0.3) is 0 Å². The van der Waals surface area contributed by atoms with Crippen molar-refractivity contribution >= 4 is 5.91 Å². The predicted molar refractivity (Wildman–Crippen MR) is 68.6 cm³/mol. The normalized spacial score (nSPS) is 22.9. The van der Waals surface area contributed by atoms with Crippen molar-refractivity contribution in [3.8, 4) is 0 Å². The number of nitrogens with one attached hydrogen (secondary N) is 1. The smallest absolute Gasteiger partial charge is 0.220 e. The maximum atomic E-state index is 11.7. The molecule has 1 aliphatic rings. The van der Waals surface area contributed by atoms with Crippen molar-refractivity contribution < 1.29 is 4.79 Å². The number of hydrogen-bond acceptors (Lipinski definition) is 2. The van der Waals surface area contributed by atoms with Gasteiger partial charge >= 0.3 is 0 Å². The van der Waals surface area contributed by atoms with Gasteiger partial charge in [0, 0.05) is 18.5 Å². The number of aryl methyl sites for hydroxylation is 2. The van der Waals surface area contributed by atoms with Crippen molar-refractivity contribution in [1.29, 1.82) is 0 Å². The summed E-state index contributed by atoms with van der Waals surface area (Å²) in [4.78, 5) is 11.7. The molecule has 3 N–H and O–H groups in total. The minimum absolute atomic E-state index is 0.144. The average molecular weight is 232 g/mol. The Bertz CT molecular complexity index is 397. The van der Waals surface area contributed by atoms with Crippen molar-refractivity contribution in [1.82, 2.24) is 5.32 Å². The van der Waals surface area contributed by atoms with Crippen LogP contribution in [-0.2, 0) is 11.2 Å². The average Bonchev–Trinajstić information content (AvgIpc) is 2.26. The van der Waals surface area contributed by atoms with Gasteiger partial charge in [0.1, 0.15) is 0 Å². The largest absolute Gasteiger partial charge is 0.353 e. The Hall–Kier alpha value is -1.35. The zero-order valence-corrected chi connectivity index (χ0v) is 10.3. The zero-order chi connectivity index (χ0) is 12.3. The minimum Gasteiger partial charge on any atom is -0.353 e. The number of hydrogen-bond donors (Lipinski definition) is 2. The first-order chi connectivity index (χ1) is 8.15. The van der Waals surface area contributed by atoms with Gasteiger partial charge in [-0.25, -0.2) is 0 Å². The lowest BCUT2D eigenvalue weighted by molar-refractivity contribution is -0.122. The Balaban J connectivity index is 1.75. The molecular weight excluding hydrogens is 212 g/mol. The topological polar surface area (TPSA) is 55.1 Å². The lowest BCUT2D eigenvalue weighted by Gasteiger charge is -2.33. The molecule has 0 aliphatic heterocycles. The highest BCUT2D eigenvalue weighted by atomic mass is 16.1. The lowest BCUT2D eigenvalue weighted by Crippen LogP contribution is -2.50. The maximum Gasteiger partial charge on any atom is 0.220 e. The number of benzene rings is 1. The maximum absolute atomic E-state index is 11.7. The molecule has 3 nitrogen and oxygen atoms in total. The SMILES string of the molecule is Cc1ccccc1CCC(=O)NC1CC(N)C1. The van der Waals surface area contributed by atoms with Gasteiger partial charge in [0.15, 0.2) is 0 Å². The van der Waals surface area contributed by atoms with Gasteiger partial charge in [-0.3, -0.25) is 4.79 Å². The number of amides is 1. The van der Waals surface area contributed by atoms with Gasteiger partial charge in [-0.2, -0.15) is 0 Å². The third kappa shape index (κ3) is 3.30. The Labute approximate surface area is 102 Å². The summed E-state index contributed by atoms with van der Waals surface area (Å²) in [5.74, 6) is 0.144. The van der Waals surface area contributed by atoms with Crippen molar-refractivity contribution in [3.63, 3.8) is 0 Å².